The van der Waals surface area contributed by atoms with Gasteiger partial charge in [0.2, 0.25) is 5.91 Å². The van der Waals surface area contributed by atoms with E-state index >= 15 is 0 Å². The van der Waals surface area contributed by atoms with Crippen LogP contribution < -0.4 is 16.0 Å². The minimum absolute atomic E-state index is 0.0162. The highest BCUT2D eigenvalue weighted by molar-refractivity contribution is 5.83. The number of amides is 3. The monoisotopic (exact) mass is 159 g/mol. The SMILES string of the molecule is CCNC(=O)NCC(=O)NC. The van der Waals surface area contributed by atoms with Crippen molar-refractivity contribution in [3.8, 4) is 0 Å². The van der Waals surface area contributed by atoms with Crippen molar-refractivity contribution in [3.05, 3.63) is 0 Å². The summed E-state index contributed by atoms with van der Waals surface area (Å²) in [6.07, 6.45) is 0. The molecule has 0 atom stereocenters. The molecule has 3 N–H and O–H groups in total. The topological polar surface area (TPSA) is 70.2 Å². The van der Waals surface area contributed by atoms with Gasteiger partial charge in [0.05, 0.1) is 6.54 Å². The summed E-state index contributed by atoms with van der Waals surface area (Å²) in [4.78, 5) is 21.2. The standard InChI is InChI=1S/C6H13N3O2/c1-3-8-6(11)9-4-5(10)7-2/h3-4H2,1-2H3,(H,7,10)(H2,8,9,11). The maximum absolute atomic E-state index is 10.7. The van der Waals surface area contributed by atoms with Crippen LogP contribution in [0.15, 0.2) is 0 Å². The Labute approximate surface area is 65.5 Å². The van der Waals surface area contributed by atoms with Crippen LogP contribution in [0.5, 0.6) is 0 Å². The fraction of sp³-hybridized carbons (Fsp3) is 0.667. The van der Waals surface area contributed by atoms with Crippen LogP contribution >= 0.6 is 0 Å². The second-order valence-corrected chi connectivity index (χ2v) is 1.89. The third-order valence-electron chi connectivity index (χ3n) is 1.03. The van der Waals surface area contributed by atoms with Crippen molar-refractivity contribution in [2.24, 2.45) is 0 Å². The number of hydrogen-bond acceptors (Lipinski definition) is 2. The summed E-state index contributed by atoms with van der Waals surface area (Å²) >= 11 is 0. The maximum Gasteiger partial charge on any atom is 0.315 e. The zero-order valence-electron chi connectivity index (χ0n) is 6.73. The summed E-state index contributed by atoms with van der Waals surface area (Å²) in [6.45, 7) is 2.38. The Morgan fingerprint density at radius 2 is 1.91 bits per heavy atom. The Kier molecular flexibility index (Phi) is 4.89. The second kappa shape index (κ2) is 5.52. The Balaban J connectivity index is 3.38. The van der Waals surface area contributed by atoms with E-state index in [2.05, 4.69) is 16.0 Å². The lowest BCUT2D eigenvalue weighted by atomic mass is 10.6. The van der Waals surface area contributed by atoms with Gasteiger partial charge in [-0.2, -0.15) is 0 Å². The number of hydrogen-bond donors (Lipinski definition) is 3. The molecule has 0 aliphatic rings. The lowest BCUT2D eigenvalue weighted by Gasteiger charge is -2.03. The van der Waals surface area contributed by atoms with E-state index in [4.69, 9.17) is 0 Å². The summed E-state index contributed by atoms with van der Waals surface area (Å²) < 4.78 is 0. The fourth-order valence-corrected chi connectivity index (χ4v) is 0.472. The molecule has 3 amide bonds. The van der Waals surface area contributed by atoms with Crippen molar-refractivity contribution >= 4 is 11.9 Å². The molecule has 0 aromatic carbocycles. The van der Waals surface area contributed by atoms with Gasteiger partial charge in [0, 0.05) is 13.6 Å². The summed E-state index contributed by atoms with van der Waals surface area (Å²) in [5.41, 5.74) is 0. The molecule has 0 rings (SSSR count). The van der Waals surface area contributed by atoms with Gasteiger partial charge >= 0.3 is 6.03 Å². The van der Waals surface area contributed by atoms with E-state index in [1.54, 1.807) is 6.92 Å². The molecule has 5 heteroatoms. The fourth-order valence-electron chi connectivity index (χ4n) is 0.472. The molecular weight excluding hydrogens is 146 g/mol. The van der Waals surface area contributed by atoms with Crippen molar-refractivity contribution in [2.75, 3.05) is 20.1 Å². The first-order valence-electron chi connectivity index (χ1n) is 3.43. The molecule has 5 nitrogen and oxygen atoms in total. The first-order chi connectivity index (χ1) is 5.20. The molecular formula is C6H13N3O2. The highest BCUT2D eigenvalue weighted by Gasteiger charge is 2.00. The average molecular weight is 159 g/mol. The molecule has 0 aromatic rings. The molecule has 64 valence electrons. The summed E-state index contributed by atoms with van der Waals surface area (Å²) in [5, 5.41) is 7.25. The van der Waals surface area contributed by atoms with E-state index in [0.717, 1.165) is 0 Å². The van der Waals surface area contributed by atoms with E-state index in [9.17, 15) is 9.59 Å². The highest BCUT2D eigenvalue weighted by Crippen LogP contribution is 1.64. The third kappa shape index (κ3) is 5.20. The molecule has 0 fully saturated rings. The number of urea groups is 1. The molecule has 0 aliphatic heterocycles. The minimum atomic E-state index is -0.323. The van der Waals surface area contributed by atoms with Crippen LogP contribution in [0, 0.1) is 0 Å². The molecule has 0 heterocycles. The molecule has 0 saturated carbocycles. The lowest BCUT2D eigenvalue weighted by molar-refractivity contribution is -0.119. The van der Waals surface area contributed by atoms with Crippen molar-refractivity contribution in [2.45, 2.75) is 6.92 Å². The van der Waals surface area contributed by atoms with Crippen LogP contribution in [0.4, 0.5) is 4.79 Å². The maximum atomic E-state index is 10.7. The van der Waals surface area contributed by atoms with Gasteiger partial charge in [-0.15, -0.1) is 0 Å². The van der Waals surface area contributed by atoms with Crippen molar-refractivity contribution < 1.29 is 9.59 Å². The number of rotatable bonds is 3. The Bertz CT molecular complexity index is 147. The first-order valence-corrected chi connectivity index (χ1v) is 3.43. The number of likely N-dealkylation sites (N-methyl/N-ethyl adjacent to an activating group) is 1. The third-order valence-corrected chi connectivity index (χ3v) is 1.03. The Morgan fingerprint density at radius 3 is 2.36 bits per heavy atom. The number of nitrogens with one attached hydrogen (secondary N) is 3. The van der Waals surface area contributed by atoms with Crippen LogP contribution in [0.3, 0.4) is 0 Å². The molecule has 0 bridgehead atoms. The zero-order valence-corrected chi connectivity index (χ0v) is 6.73. The first kappa shape index (κ1) is 9.74. The van der Waals surface area contributed by atoms with Gasteiger partial charge < -0.3 is 16.0 Å². The predicted octanol–water partition coefficient (Wildman–Crippen LogP) is -0.948. The van der Waals surface area contributed by atoms with Gasteiger partial charge in [-0.25, -0.2) is 4.79 Å². The Morgan fingerprint density at radius 1 is 1.27 bits per heavy atom. The van der Waals surface area contributed by atoms with Crippen molar-refractivity contribution in [1.82, 2.24) is 16.0 Å². The van der Waals surface area contributed by atoms with Crippen LogP contribution in [0.25, 0.3) is 0 Å². The predicted molar refractivity (Wildman–Crippen MR) is 41.1 cm³/mol. The van der Waals surface area contributed by atoms with Gasteiger partial charge in [-0.05, 0) is 6.92 Å². The molecule has 0 aromatic heterocycles. The molecule has 0 radical (unpaired) electrons. The van der Waals surface area contributed by atoms with E-state index in [1.165, 1.54) is 7.05 Å². The number of carbonyl (C=O) groups excluding carboxylic acids is 2. The van der Waals surface area contributed by atoms with Crippen molar-refractivity contribution in [1.29, 1.82) is 0 Å². The van der Waals surface area contributed by atoms with E-state index in [-0.39, 0.29) is 18.5 Å². The zero-order chi connectivity index (χ0) is 8.69. The summed E-state index contributed by atoms with van der Waals surface area (Å²) in [7, 11) is 1.52. The second-order valence-electron chi connectivity index (χ2n) is 1.89. The summed E-state index contributed by atoms with van der Waals surface area (Å²) in [5.74, 6) is -0.212. The van der Waals surface area contributed by atoms with E-state index in [0.29, 0.717) is 6.54 Å². The van der Waals surface area contributed by atoms with Crippen LogP contribution in [-0.2, 0) is 4.79 Å². The van der Waals surface area contributed by atoms with E-state index in [1.807, 2.05) is 0 Å². The van der Waals surface area contributed by atoms with Gasteiger partial charge in [0.25, 0.3) is 0 Å². The molecule has 0 spiro atoms. The van der Waals surface area contributed by atoms with Gasteiger partial charge in [-0.1, -0.05) is 0 Å². The lowest BCUT2D eigenvalue weighted by Crippen LogP contribution is -2.41. The normalized spacial score (nSPS) is 8.55. The number of carbonyl (C=O) groups is 2. The smallest absolute Gasteiger partial charge is 0.315 e. The molecule has 0 unspecified atom stereocenters. The average Bonchev–Trinajstić information content (AvgIpc) is 2.01. The minimum Gasteiger partial charge on any atom is -0.358 e. The van der Waals surface area contributed by atoms with Crippen LogP contribution in [-0.4, -0.2) is 32.1 Å². The van der Waals surface area contributed by atoms with E-state index < -0.39 is 0 Å². The van der Waals surface area contributed by atoms with Gasteiger partial charge in [0.1, 0.15) is 0 Å². The molecule has 11 heavy (non-hydrogen) atoms. The van der Waals surface area contributed by atoms with Crippen molar-refractivity contribution in [3.63, 3.8) is 0 Å². The van der Waals surface area contributed by atoms with Gasteiger partial charge in [-0.3, -0.25) is 4.79 Å². The largest absolute Gasteiger partial charge is 0.358 e. The van der Waals surface area contributed by atoms with Gasteiger partial charge in [0.15, 0.2) is 0 Å². The quantitative estimate of drug-likeness (QED) is 0.497. The highest BCUT2D eigenvalue weighted by atomic mass is 16.2. The summed E-state index contributed by atoms with van der Waals surface area (Å²) in [6, 6.07) is -0.323. The van der Waals surface area contributed by atoms with Crippen LogP contribution in [0.2, 0.25) is 0 Å². The van der Waals surface area contributed by atoms with Crippen LogP contribution in [0.1, 0.15) is 6.92 Å². The molecule has 0 aliphatic carbocycles. The molecule has 0 saturated heterocycles. The Hall–Kier alpha value is -1.26.